The number of fused-ring (bicyclic) bond motifs is 1. The van der Waals surface area contributed by atoms with E-state index < -0.39 is 5.60 Å². The van der Waals surface area contributed by atoms with E-state index in [0.717, 1.165) is 17.1 Å². The van der Waals surface area contributed by atoms with Gasteiger partial charge in [0.15, 0.2) is 0 Å². The quantitative estimate of drug-likeness (QED) is 0.376. The van der Waals surface area contributed by atoms with Gasteiger partial charge in [-0.05, 0) is 74.6 Å². The van der Waals surface area contributed by atoms with Gasteiger partial charge in [-0.25, -0.2) is 9.79 Å². The summed E-state index contributed by atoms with van der Waals surface area (Å²) in [6.45, 7) is 23.8. The molecule has 0 bridgehead atoms. The topological polar surface area (TPSA) is 45.1 Å². The zero-order chi connectivity index (χ0) is 25.3. The molecule has 1 fully saturated rings. The Morgan fingerprint density at radius 1 is 1.00 bits per heavy atom. The van der Waals surface area contributed by atoms with Crippen molar-refractivity contribution in [2.75, 3.05) is 26.2 Å². The number of rotatable bonds is 3. The molecule has 1 aromatic carbocycles. The second-order valence-corrected chi connectivity index (χ2v) is 11.8. The summed E-state index contributed by atoms with van der Waals surface area (Å²) in [6.07, 6.45) is 6.03. The van der Waals surface area contributed by atoms with Crippen LogP contribution >= 0.6 is 0 Å². The number of carbonyl (C=O) groups is 1. The third-order valence-electron chi connectivity index (χ3n) is 7.09. The molecule has 1 aliphatic heterocycles. The predicted molar refractivity (Wildman–Crippen MR) is 142 cm³/mol. The van der Waals surface area contributed by atoms with Gasteiger partial charge in [-0.3, -0.25) is 0 Å². The van der Waals surface area contributed by atoms with Crippen LogP contribution in [-0.2, 0) is 15.6 Å². The van der Waals surface area contributed by atoms with E-state index in [1.165, 1.54) is 24.0 Å². The van der Waals surface area contributed by atoms with E-state index in [4.69, 9.17) is 9.73 Å². The predicted octanol–water partition coefficient (Wildman–Crippen LogP) is 6.53. The Hall–Kier alpha value is -2.56. The molecule has 0 radical (unpaired) electrons. The minimum absolute atomic E-state index is 0.155. The molecular weight excluding hydrogens is 422 g/mol. The molecular formula is C29H43N3O2. The molecule has 1 saturated heterocycles. The van der Waals surface area contributed by atoms with Crippen LogP contribution in [0.3, 0.4) is 0 Å². The Labute approximate surface area is 206 Å². The van der Waals surface area contributed by atoms with Crippen LogP contribution < -0.4 is 0 Å². The fourth-order valence-electron chi connectivity index (χ4n) is 4.86. The largest absolute Gasteiger partial charge is 0.444 e. The van der Waals surface area contributed by atoms with Crippen LogP contribution in [0.4, 0.5) is 4.79 Å². The minimum atomic E-state index is -0.485. The van der Waals surface area contributed by atoms with E-state index in [-0.39, 0.29) is 16.9 Å². The molecule has 3 rings (SSSR count). The van der Waals surface area contributed by atoms with Gasteiger partial charge in [-0.1, -0.05) is 52.5 Å². The molecule has 0 saturated carbocycles. The highest BCUT2D eigenvalue weighted by Crippen LogP contribution is 2.46. The summed E-state index contributed by atoms with van der Waals surface area (Å²) < 4.78 is 5.52. The molecule has 1 amide bonds. The number of allylic oxidation sites excluding steroid dienone is 1. The van der Waals surface area contributed by atoms with Crippen molar-refractivity contribution in [3.63, 3.8) is 0 Å². The van der Waals surface area contributed by atoms with E-state index in [1.807, 2.05) is 33.8 Å². The highest BCUT2D eigenvalue weighted by molar-refractivity contribution is 5.96. The Bertz CT molecular complexity index is 987. The van der Waals surface area contributed by atoms with Crippen molar-refractivity contribution in [3.8, 4) is 0 Å². The standard InChI is InChI=1S/C29H43N3O2/c1-10-24(21-12-13-22-23(20-21)29(8,9)15-14-28(22,6)7)30-25(11-2)31-16-18-32(19-17-31)26(33)34-27(3,4)5/h10-13,20H,2,14-19H2,1,3-9H3/b24-10-,30-25+. The maximum Gasteiger partial charge on any atom is 0.410 e. The highest BCUT2D eigenvalue weighted by Gasteiger charge is 2.37. The Kier molecular flexibility index (Phi) is 7.35. The first-order valence-corrected chi connectivity index (χ1v) is 12.5. The summed E-state index contributed by atoms with van der Waals surface area (Å²) in [7, 11) is 0. The lowest BCUT2D eigenvalue weighted by atomic mass is 9.63. The lowest BCUT2D eigenvalue weighted by molar-refractivity contribution is 0.0187. The first-order valence-electron chi connectivity index (χ1n) is 12.5. The fraction of sp³-hybridized carbons (Fsp3) is 0.586. The molecule has 1 heterocycles. The van der Waals surface area contributed by atoms with Crippen molar-refractivity contribution in [1.29, 1.82) is 0 Å². The molecule has 186 valence electrons. The van der Waals surface area contributed by atoms with Gasteiger partial charge in [0.2, 0.25) is 0 Å². The molecule has 0 spiro atoms. The average Bonchev–Trinajstić information content (AvgIpc) is 2.77. The van der Waals surface area contributed by atoms with Crippen molar-refractivity contribution in [1.82, 2.24) is 9.80 Å². The zero-order valence-corrected chi connectivity index (χ0v) is 22.5. The van der Waals surface area contributed by atoms with E-state index in [1.54, 1.807) is 4.90 Å². The molecule has 5 nitrogen and oxygen atoms in total. The van der Waals surface area contributed by atoms with Crippen LogP contribution in [0.2, 0.25) is 0 Å². The average molecular weight is 466 g/mol. The number of aliphatic imine (C=N–C) groups is 1. The lowest BCUT2D eigenvalue weighted by Crippen LogP contribution is -2.51. The summed E-state index contributed by atoms with van der Waals surface area (Å²) in [5.74, 6) is 0.842. The Balaban J connectivity index is 1.80. The van der Waals surface area contributed by atoms with E-state index in [9.17, 15) is 4.79 Å². The van der Waals surface area contributed by atoms with Gasteiger partial charge in [-0.2, -0.15) is 0 Å². The van der Waals surface area contributed by atoms with Crippen LogP contribution in [0.25, 0.3) is 5.70 Å². The highest BCUT2D eigenvalue weighted by atomic mass is 16.6. The summed E-state index contributed by atoms with van der Waals surface area (Å²) in [5.41, 5.74) is 4.84. The minimum Gasteiger partial charge on any atom is -0.444 e. The molecule has 0 aromatic heterocycles. The second-order valence-electron chi connectivity index (χ2n) is 11.8. The number of benzene rings is 1. The Morgan fingerprint density at radius 2 is 1.56 bits per heavy atom. The summed E-state index contributed by atoms with van der Waals surface area (Å²) in [4.78, 5) is 21.4. The molecule has 2 aliphatic rings. The number of piperazine rings is 1. The van der Waals surface area contributed by atoms with Gasteiger partial charge in [0, 0.05) is 31.7 Å². The number of nitrogens with zero attached hydrogens (tertiary/aromatic N) is 3. The first kappa shape index (κ1) is 26.1. The molecule has 1 aliphatic carbocycles. The van der Waals surface area contributed by atoms with Crippen LogP contribution in [-0.4, -0.2) is 53.5 Å². The molecule has 0 atom stereocenters. The van der Waals surface area contributed by atoms with E-state index >= 15 is 0 Å². The van der Waals surface area contributed by atoms with Crippen LogP contribution in [0, 0.1) is 0 Å². The maximum absolute atomic E-state index is 12.4. The smallest absolute Gasteiger partial charge is 0.410 e. The fourth-order valence-corrected chi connectivity index (χ4v) is 4.86. The SMILES string of the molecule is C=C/C(=N\C(=C/C)c1ccc2c(c1)C(C)(C)CCC2(C)C)N1CCN(C(=O)OC(C)(C)C)CC1. The number of amides is 1. The van der Waals surface area contributed by atoms with Gasteiger partial charge in [0.1, 0.15) is 11.4 Å². The van der Waals surface area contributed by atoms with Gasteiger partial charge in [-0.15, -0.1) is 0 Å². The second kappa shape index (κ2) is 9.59. The molecule has 5 heteroatoms. The number of amidine groups is 1. The first-order chi connectivity index (χ1) is 15.8. The molecule has 0 N–H and O–H groups in total. The van der Waals surface area contributed by atoms with Crippen molar-refractivity contribution in [2.45, 2.75) is 84.7 Å². The maximum atomic E-state index is 12.4. The summed E-state index contributed by atoms with van der Waals surface area (Å²) >= 11 is 0. The number of hydrogen-bond acceptors (Lipinski definition) is 3. The lowest BCUT2D eigenvalue weighted by Gasteiger charge is -2.42. The van der Waals surface area contributed by atoms with E-state index in [2.05, 4.69) is 63.4 Å². The molecule has 0 unspecified atom stereocenters. The van der Waals surface area contributed by atoms with Crippen LogP contribution in [0.15, 0.2) is 41.9 Å². The van der Waals surface area contributed by atoms with Gasteiger partial charge in [0.25, 0.3) is 0 Å². The van der Waals surface area contributed by atoms with E-state index in [0.29, 0.717) is 26.2 Å². The zero-order valence-electron chi connectivity index (χ0n) is 22.5. The third-order valence-corrected chi connectivity index (χ3v) is 7.09. The van der Waals surface area contributed by atoms with Crippen LogP contribution in [0.5, 0.6) is 0 Å². The monoisotopic (exact) mass is 465 g/mol. The third kappa shape index (κ3) is 5.73. The van der Waals surface area contributed by atoms with Crippen molar-refractivity contribution in [3.05, 3.63) is 53.6 Å². The number of hydrogen-bond donors (Lipinski definition) is 0. The normalized spacial score (nSPS) is 20.6. The van der Waals surface area contributed by atoms with Crippen molar-refractivity contribution in [2.24, 2.45) is 4.99 Å². The summed E-state index contributed by atoms with van der Waals surface area (Å²) in [6, 6.07) is 6.86. The van der Waals surface area contributed by atoms with Crippen LogP contribution in [0.1, 0.15) is 84.9 Å². The van der Waals surface area contributed by atoms with Gasteiger partial charge in [0.05, 0.1) is 5.70 Å². The van der Waals surface area contributed by atoms with Gasteiger partial charge >= 0.3 is 6.09 Å². The molecule has 1 aromatic rings. The van der Waals surface area contributed by atoms with Crippen molar-refractivity contribution < 1.29 is 9.53 Å². The number of carbonyl (C=O) groups excluding carboxylic acids is 1. The van der Waals surface area contributed by atoms with Crippen molar-refractivity contribution >= 4 is 17.6 Å². The summed E-state index contributed by atoms with van der Waals surface area (Å²) in [5, 5.41) is 0. The number of ether oxygens (including phenoxy) is 1. The molecule has 34 heavy (non-hydrogen) atoms. The Morgan fingerprint density at radius 3 is 2.09 bits per heavy atom. The van der Waals surface area contributed by atoms with Gasteiger partial charge < -0.3 is 14.5 Å².